The second-order valence-corrected chi connectivity index (χ2v) is 10.6. The van der Waals surface area contributed by atoms with Gasteiger partial charge >= 0.3 is 5.69 Å². The molecule has 11 heteroatoms. The van der Waals surface area contributed by atoms with Crippen LogP contribution in [0.3, 0.4) is 0 Å². The number of thiophene rings is 1. The van der Waals surface area contributed by atoms with Gasteiger partial charge in [0.1, 0.15) is 28.0 Å². The minimum Gasteiger partial charge on any atom is -0.496 e. The first-order valence-electron chi connectivity index (χ1n) is 12.1. The van der Waals surface area contributed by atoms with Gasteiger partial charge in [-0.05, 0) is 57.4 Å². The summed E-state index contributed by atoms with van der Waals surface area (Å²) in [6, 6.07) is 4.10. The standard InChI is InChI=1S/C26H32FN3O6S/c1-15-16(2)37-23-21(15)22(31)30(26(3)9-6-10-28-24(26)32)25(33)29(23)14-20(36-12-11-34-4)18-13-17(27)7-8-19(18)35-5/h7-8,13,20H,6,9-12,14H2,1-5H3,(H,28,32)/t20-,26-/m0/s1. The fourth-order valence-corrected chi connectivity index (χ4v) is 5.99. The zero-order valence-corrected chi connectivity index (χ0v) is 22.5. The fraction of sp³-hybridized carbons (Fsp3) is 0.500. The van der Waals surface area contributed by atoms with Crippen LogP contribution in [0.15, 0.2) is 27.8 Å². The van der Waals surface area contributed by atoms with Gasteiger partial charge in [-0.2, -0.15) is 0 Å². The molecule has 1 aliphatic rings. The van der Waals surface area contributed by atoms with Gasteiger partial charge in [0, 0.05) is 24.1 Å². The summed E-state index contributed by atoms with van der Waals surface area (Å²) in [4.78, 5) is 42.2. The second kappa shape index (κ2) is 10.8. The third kappa shape index (κ3) is 4.83. The number of methoxy groups -OCH3 is 2. The minimum atomic E-state index is -1.34. The molecule has 1 aromatic carbocycles. The molecule has 3 aromatic rings. The normalized spacial score (nSPS) is 18.7. The number of fused-ring (bicyclic) bond motifs is 1. The van der Waals surface area contributed by atoms with E-state index in [1.165, 1.54) is 48.3 Å². The number of aromatic nitrogens is 2. The molecule has 3 heterocycles. The van der Waals surface area contributed by atoms with Crippen molar-refractivity contribution in [2.75, 3.05) is 34.0 Å². The van der Waals surface area contributed by atoms with E-state index in [2.05, 4.69) is 5.32 Å². The highest BCUT2D eigenvalue weighted by atomic mass is 32.1. The molecule has 0 spiro atoms. The Morgan fingerprint density at radius 3 is 2.62 bits per heavy atom. The molecule has 0 unspecified atom stereocenters. The van der Waals surface area contributed by atoms with Gasteiger partial charge in [0.15, 0.2) is 0 Å². The lowest BCUT2D eigenvalue weighted by Crippen LogP contribution is -2.59. The van der Waals surface area contributed by atoms with Crippen molar-refractivity contribution in [1.29, 1.82) is 0 Å². The summed E-state index contributed by atoms with van der Waals surface area (Å²) in [6.45, 7) is 6.27. The third-order valence-corrected chi connectivity index (χ3v) is 8.28. The SMILES string of the molecule is COCCO[C@@H](Cn1c(=O)n([C@@]2(C)CCCNC2=O)c(=O)c2c(C)c(C)sc21)c1cc(F)ccc1OC. The Kier molecular flexibility index (Phi) is 7.86. The van der Waals surface area contributed by atoms with Gasteiger partial charge < -0.3 is 19.5 Å². The highest BCUT2D eigenvalue weighted by molar-refractivity contribution is 7.18. The lowest BCUT2D eigenvalue weighted by molar-refractivity contribution is -0.131. The van der Waals surface area contributed by atoms with Gasteiger partial charge in [0.25, 0.3) is 5.56 Å². The Hall–Kier alpha value is -3.02. The highest BCUT2D eigenvalue weighted by Gasteiger charge is 2.41. The predicted molar refractivity (Wildman–Crippen MR) is 139 cm³/mol. The number of piperidine rings is 1. The summed E-state index contributed by atoms with van der Waals surface area (Å²) in [5, 5.41) is 3.19. The molecule has 4 rings (SSSR count). The lowest BCUT2D eigenvalue weighted by atomic mass is 9.91. The molecule has 1 fully saturated rings. The van der Waals surface area contributed by atoms with Crippen LogP contribution in [0.4, 0.5) is 4.39 Å². The van der Waals surface area contributed by atoms with Gasteiger partial charge in [-0.3, -0.25) is 14.2 Å². The minimum absolute atomic E-state index is 0.0315. The van der Waals surface area contributed by atoms with E-state index in [4.69, 9.17) is 14.2 Å². The third-order valence-electron chi connectivity index (χ3n) is 7.05. The number of hydrogen-bond donors (Lipinski definition) is 1. The van der Waals surface area contributed by atoms with Crippen molar-refractivity contribution in [2.45, 2.75) is 51.8 Å². The fourth-order valence-electron chi connectivity index (χ4n) is 4.84. The number of nitrogens with one attached hydrogen (secondary N) is 1. The topological polar surface area (TPSA) is 101 Å². The molecule has 0 aliphatic carbocycles. The van der Waals surface area contributed by atoms with E-state index >= 15 is 0 Å². The first-order chi connectivity index (χ1) is 17.6. The van der Waals surface area contributed by atoms with E-state index < -0.39 is 28.7 Å². The maximum Gasteiger partial charge on any atom is 0.333 e. The van der Waals surface area contributed by atoms with Gasteiger partial charge in [-0.15, -0.1) is 11.3 Å². The molecule has 1 aliphatic heterocycles. The molecule has 9 nitrogen and oxygen atoms in total. The van der Waals surface area contributed by atoms with Gasteiger partial charge in [0.2, 0.25) is 5.91 Å². The van der Waals surface area contributed by atoms with Gasteiger partial charge in [-0.1, -0.05) is 0 Å². The van der Waals surface area contributed by atoms with Crippen molar-refractivity contribution in [3.63, 3.8) is 0 Å². The molecular weight excluding hydrogens is 501 g/mol. The Morgan fingerprint density at radius 2 is 1.95 bits per heavy atom. The average molecular weight is 534 g/mol. The van der Waals surface area contributed by atoms with E-state index in [1.807, 2.05) is 13.8 Å². The summed E-state index contributed by atoms with van der Waals surface area (Å²) in [7, 11) is 3.01. The predicted octanol–water partition coefficient (Wildman–Crippen LogP) is 3.02. The van der Waals surface area contributed by atoms with Crippen LogP contribution in [-0.4, -0.2) is 49.0 Å². The quantitative estimate of drug-likeness (QED) is 0.425. The van der Waals surface area contributed by atoms with Crippen LogP contribution in [0.25, 0.3) is 10.2 Å². The number of amides is 1. The molecule has 0 bridgehead atoms. The number of hydrogen-bond acceptors (Lipinski definition) is 7. The van der Waals surface area contributed by atoms with Crippen molar-refractivity contribution >= 4 is 27.5 Å². The van der Waals surface area contributed by atoms with E-state index in [9.17, 15) is 18.8 Å². The molecule has 1 amide bonds. The molecule has 37 heavy (non-hydrogen) atoms. The van der Waals surface area contributed by atoms with Crippen LogP contribution >= 0.6 is 11.3 Å². The molecule has 1 saturated heterocycles. The molecule has 2 aromatic heterocycles. The van der Waals surface area contributed by atoms with Crippen LogP contribution < -0.4 is 21.3 Å². The lowest BCUT2D eigenvalue weighted by Gasteiger charge is -2.34. The zero-order chi connectivity index (χ0) is 26.9. The van der Waals surface area contributed by atoms with E-state index in [0.717, 1.165) is 15.0 Å². The maximum atomic E-state index is 14.3. The number of benzene rings is 1. The van der Waals surface area contributed by atoms with Crippen LogP contribution in [0, 0.1) is 19.7 Å². The summed E-state index contributed by atoms with van der Waals surface area (Å²) in [5.41, 5.74) is -1.27. The molecule has 200 valence electrons. The number of ether oxygens (including phenoxy) is 3. The van der Waals surface area contributed by atoms with Crippen molar-refractivity contribution in [3.8, 4) is 5.75 Å². The first kappa shape index (κ1) is 27.0. The Bertz CT molecular complexity index is 1440. The number of halogens is 1. The first-order valence-corrected chi connectivity index (χ1v) is 12.9. The highest BCUT2D eigenvalue weighted by Crippen LogP contribution is 2.33. The van der Waals surface area contributed by atoms with Crippen molar-refractivity contribution in [1.82, 2.24) is 14.5 Å². The Balaban J connectivity index is 1.96. The maximum absolute atomic E-state index is 14.3. The van der Waals surface area contributed by atoms with Crippen LogP contribution in [0.5, 0.6) is 5.75 Å². The number of rotatable bonds is 9. The van der Waals surface area contributed by atoms with Crippen molar-refractivity contribution in [2.24, 2.45) is 0 Å². The molecule has 2 atom stereocenters. The molecule has 1 N–H and O–H groups in total. The number of carbonyl (C=O) groups is 1. The van der Waals surface area contributed by atoms with Crippen molar-refractivity contribution < 1.29 is 23.4 Å². The summed E-state index contributed by atoms with van der Waals surface area (Å²) in [6.07, 6.45) is 0.188. The van der Waals surface area contributed by atoms with Crippen LogP contribution in [0.2, 0.25) is 0 Å². The zero-order valence-electron chi connectivity index (χ0n) is 21.7. The van der Waals surface area contributed by atoms with E-state index in [1.54, 1.807) is 6.92 Å². The number of carbonyl (C=O) groups excluding carboxylic acids is 1. The van der Waals surface area contributed by atoms with Crippen molar-refractivity contribution in [3.05, 3.63) is 60.9 Å². The Morgan fingerprint density at radius 1 is 1.19 bits per heavy atom. The molecule has 0 radical (unpaired) electrons. The number of nitrogens with zero attached hydrogens (tertiary/aromatic N) is 2. The largest absolute Gasteiger partial charge is 0.496 e. The van der Waals surface area contributed by atoms with Crippen LogP contribution in [0.1, 0.15) is 41.9 Å². The monoisotopic (exact) mass is 533 g/mol. The molecule has 0 saturated carbocycles. The van der Waals surface area contributed by atoms with Crippen LogP contribution in [-0.2, 0) is 26.4 Å². The summed E-state index contributed by atoms with van der Waals surface area (Å²) < 4.78 is 33.5. The number of aryl methyl sites for hydroxylation is 2. The van der Waals surface area contributed by atoms with Gasteiger partial charge in [-0.25, -0.2) is 13.8 Å². The summed E-state index contributed by atoms with van der Waals surface area (Å²) in [5.74, 6) is -0.445. The van der Waals surface area contributed by atoms with E-state index in [0.29, 0.717) is 40.9 Å². The molecular formula is C26H32FN3O6S. The second-order valence-electron chi connectivity index (χ2n) is 9.37. The van der Waals surface area contributed by atoms with Gasteiger partial charge in [0.05, 0.1) is 32.3 Å². The summed E-state index contributed by atoms with van der Waals surface area (Å²) >= 11 is 1.33. The smallest absolute Gasteiger partial charge is 0.333 e. The average Bonchev–Trinajstić information content (AvgIpc) is 3.16. The Labute approximate surface area is 217 Å². The van der Waals surface area contributed by atoms with E-state index in [-0.39, 0.29) is 25.7 Å².